The average Bonchev–Trinajstić information content (AvgIpc) is 3.40. The molecule has 200 valence electrons. The highest BCUT2D eigenvalue weighted by atomic mass is 35.5. The third-order valence-electron chi connectivity index (χ3n) is 6.64. The van der Waals surface area contributed by atoms with Crippen molar-refractivity contribution in [2.24, 2.45) is 0 Å². The fourth-order valence-electron chi connectivity index (χ4n) is 4.88. The summed E-state index contributed by atoms with van der Waals surface area (Å²) in [5.74, 6) is -1.62. The van der Waals surface area contributed by atoms with Gasteiger partial charge in [-0.05, 0) is 42.7 Å². The number of amides is 2. The van der Waals surface area contributed by atoms with Gasteiger partial charge in [-0.15, -0.1) is 0 Å². The molecule has 3 heterocycles. The number of halogens is 4. The zero-order valence-corrected chi connectivity index (χ0v) is 21.4. The summed E-state index contributed by atoms with van der Waals surface area (Å²) in [7, 11) is 0. The molecule has 1 unspecified atom stereocenters. The minimum atomic E-state index is -4.86. The molecule has 2 aromatic rings. The van der Waals surface area contributed by atoms with Crippen LogP contribution in [-0.4, -0.2) is 85.8 Å². The van der Waals surface area contributed by atoms with Gasteiger partial charge in [0, 0.05) is 31.0 Å². The summed E-state index contributed by atoms with van der Waals surface area (Å²) >= 11 is 7.40. The lowest BCUT2D eigenvalue weighted by Gasteiger charge is -2.44. The van der Waals surface area contributed by atoms with Crippen molar-refractivity contribution in [3.8, 4) is 5.69 Å². The van der Waals surface area contributed by atoms with E-state index in [9.17, 15) is 32.7 Å². The van der Waals surface area contributed by atoms with Gasteiger partial charge in [-0.2, -0.15) is 30.0 Å². The molecule has 0 radical (unpaired) electrons. The van der Waals surface area contributed by atoms with Crippen molar-refractivity contribution in [3.05, 3.63) is 46.7 Å². The number of carbonyl (C=O) groups is 3. The van der Waals surface area contributed by atoms with E-state index >= 15 is 0 Å². The summed E-state index contributed by atoms with van der Waals surface area (Å²) in [5, 5.41) is 16.8. The first-order valence-corrected chi connectivity index (χ1v) is 13.2. The highest BCUT2D eigenvalue weighted by Crippen LogP contribution is 2.37. The number of carboxylic acids is 1. The Morgan fingerprint density at radius 3 is 2.46 bits per heavy atom. The molecule has 1 aromatic heterocycles. The van der Waals surface area contributed by atoms with E-state index < -0.39 is 47.6 Å². The van der Waals surface area contributed by atoms with Crippen LogP contribution >= 0.6 is 23.4 Å². The number of nitrogens with zero attached hydrogens (tertiary/aromatic N) is 4. The van der Waals surface area contributed by atoms with Crippen molar-refractivity contribution >= 4 is 41.1 Å². The predicted molar refractivity (Wildman–Crippen MR) is 131 cm³/mol. The molecule has 2 aliphatic rings. The van der Waals surface area contributed by atoms with Crippen molar-refractivity contribution in [1.29, 1.82) is 0 Å². The van der Waals surface area contributed by atoms with Gasteiger partial charge in [0.2, 0.25) is 5.91 Å². The van der Waals surface area contributed by atoms with Gasteiger partial charge in [-0.25, -0.2) is 4.68 Å². The maximum atomic E-state index is 14.1. The van der Waals surface area contributed by atoms with Gasteiger partial charge in [-0.3, -0.25) is 19.7 Å². The number of likely N-dealkylation sites (tertiary alicyclic amines) is 1. The van der Waals surface area contributed by atoms with Crippen molar-refractivity contribution in [2.75, 3.05) is 31.6 Å². The molecule has 1 atom stereocenters. The number of piperidine rings is 1. The van der Waals surface area contributed by atoms with Crippen LogP contribution in [0.15, 0.2) is 30.5 Å². The number of nitrogens with one attached hydrogen (secondary N) is 1. The fraction of sp³-hybridized carbons (Fsp3) is 0.478. The summed E-state index contributed by atoms with van der Waals surface area (Å²) < 4.78 is 42.9. The molecule has 2 amide bonds. The van der Waals surface area contributed by atoms with Gasteiger partial charge in [0.25, 0.3) is 5.91 Å². The lowest BCUT2D eigenvalue weighted by molar-refractivity contribution is -0.147. The molecule has 2 fully saturated rings. The maximum Gasteiger partial charge on any atom is 0.434 e. The molecule has 1 spiro atoms. The van der Waals surface area contributed by atoms with Gasteiger partial charge in [0.05, 0.1) is 29.2 Å². The Labute approximate surface area is 219 Å². The molecule has 4 rings (SSSR count). The van der Waals surface area contributed by atoms with Crippen LogP contribution in [0.2, 0.25) is 5.02 Å². The zero-order valence-electron chi connectivity index (χ0n) is 19.8. The molecule has 2 aliphatic heterocycles. The number of hydrogen-bond donors (Lipinski definition) is 2. The largest absolute Gasteiger partial charge is 0.480 e. The molecule has 1 aromatic carbocycles. The Morgan fingerprint density at radius 2 is 1.89 bits per heavy atom. The lowest BCUT2D eigenvalue weighted by Crippen LogP contribution is -2.60. The van der Waals surface area contributed by atoms with Crippen molar-refractivity contribution in [2.45, 2.75) is 37.1 Å². The second kappa shape index (κ2) is 10.5. The van der Waals surface area contributed by atoms with E-state index in [2.05, 4.69) is 10.4 Å². The predicted octanol–water partition coefficient (Wildman–Crippen LogP) is 3.11. The highest BCUT2D eigenvalue weighted by Gasteiger charge is 2.52. The Balaban J connectivity index is 1.57. The van der Waals surface area contributed by atoms with Gasteiger partial charge in [-0.1, -0.05) is 11.6 Å². The van der Waals surface area contributed by atoms with Crippen molar-refractivity contribution in [1.82, 2.24) is 24.9 Å². The Morgan fingerprint density at radius 1 is 1.24 bits per heavy atom. The van der Waals surface area contributed by atoms with Crippen LogP contribution in [0.4, 0.5) is 13.2 Å². The van der Waals surface area contributed by atoms with Crippen LogP contribution in [0.3, 0.4) is 0 Å². The Kier molecular flexibility index (Phi) is 7.77. The first-order chi connectivity index (χ1) is 17.5. The third kappa shape index (κ3) is 5.43. The molecule has 9 nitrogen and oxygen atoms in total. The van der Waals surface area contributed by atoms with E-state index in [1.54, 1.807) is 11.8 Å². The number of aliphatic carboxylic acids is 1. The van der Waals surface area contributed by atoms with E-state index in [1.165, 1.54) is 34.1 Å². The van der Waals surface area contributed by atoms with Gasteiger partial charge in [0.1, 0.15) is 6.54 Å². The monoisotopic (exact) mass is 559 g/mol. The number of thioether (sulfide) groups is 1. The Hall–Kier alpha value is -2.77. The first-order valence-electron chi connectivity index (χ1n) is 11.5. The number of alkyl halides is 3. The molecule has 0 aliphatic carbocycles. The number of rotatable bonds is 7. The fourth-order valence-corrected chi connectivity index (χ4v) is 5.48. The summed E-state index contributed by atoms with van der Waals surface area (Å²) in [6.45, 7) is -0.427. The molecule has 2 saturated heterocycles. The number of benzene rings is 1. The molecule has 37 heavy (non-hydrogen) atoms. The topological polar surface area (TPSA) is 108 Å². The summed E-state index contributed by atoms with van der Waals surface area (Å²) in [5.41, 5.74) is -2.66. The second-order valence-electron chi connectivity index (χ2n) is 8.91. The molecule has 0 saturated carbocycles. The van der Waals surface area contributed by atoms with E-state index in [-0.39, 0.29) is 37.5 Å². The standard InChI is InChI=1S/C23H25ClF3N5O4S/c1-37-11-6-17-21(36)31(13-18(33)34)22(29-17)7-9-30(10-8-22)20(35)16-12-28-32(19(16)23(25,26)27)15-4-2-14(24)3-5-15/h2-5,12,17,29H,6-11,13H2,1H3,(H,33,34). The van der Waals surface area contributed by atoms with Gasteiger partial charge < -0.3 is 14.9 Å². The van der Waals surface area contributed by atoms with Gasteiger partial charge >= 0.3 is 12.1 Å². The Bertz CT molecular complexity index is 1180. The SMILES string of the molecule is CSCCC1NC2(CCN(C(=O)c3cnn(-c4ccc(Cl)cc4)c3C(F)(F)F)CC2)N(CC(=O)O)C1=O. The molecule has 14 heteroatoms. The van der Waals surface area contributed by atoms with Crippen LogP contribution < -0.4 is 5.32 Å². The number of aromatic nitrogens is 2. The number of carboxylic acid groups (broad SMARTS) is 1. The smallest absolute Gasteiger partial charge is 0.434 e. The third-order valence-corrected chi connectivity index (χ3v) is 7.54. The molecule has 0 bridgehead atoms. The van der Waals surface area contributed by atoms with E-state index in [4.69, 9.17) is 11.6 Å². The summed E-state index contributed by atoms with van der Waals surface area (Å²) in [6.07, 6.45) is -1.19. The summed E-state index contributed by atoms with van der Waals surface area (Å²) in [6, 6.07) is 5.04. The summed E-state index contributed by atoms with van der Waals surface area (Å²) in [4.78, 5) is 40.2. The minimum absolute atomic E-state index is 0.0356. The lowest BCUT2D eigenvalue weighted by atomic mass is 9.95. The second-order valence-corrected chi connectivity index (χ2v) is 10.3. The van der Waals surface area contributed by atoms with Crippen LogP contribution in [-0.2, 0) is 15.8 Å². The van der Waals surface area contributed by atoms with Crippen LogP contribution in [0.1, 0.15) is 35.3 Å². The molecular formula is C23H25ClF3N5O4S. The van der Waals surface area contributed by atoms with Crippen LogP contribution in [0, 0.1) is 0 Å². The van der Waals surface area contributed by atoms with E-state index in [0.29, 0.717) is 21.9 Å². The van der Waals surface area contributed by atoms with E-state index in [1.807, 2.05) is 6.26 Å². The number of carbonyl (C=O) groups excluding carboxylic acids is 2. The van der Waals surface area contributed by atoms with Crippen LogP contribution in [0.25, 0.3) is 5.69 Å². The number of hydrogen-bond acceptors (Lipinski definition) is 6. The first kappa shape index (κ1) is 27.3. The maximum absolute atomic E-state index is 14.1. The molecule has 2 N–H and O–H groups in total. The van der Waals surface area contributed by atoms with Crippen molar-refractivity contribution < 1.29 is 32.7 Å². The van der Waals surface area contributed by atoms with E-state index in [0.717, 1.165) is 6.20 Å². The van der Waals surface area contributed by atoms with Crippen molar-refractivity contribution in [3.63, 3.8) is 0 Å². The average molecular weight is 560 g/mol. The minimum Gasteiger partial charge on any atom is -0.480 e. The quantitative estimate of drug-likeness (QED) is 0.537. The normalized spacial score (nSPS) is 19.6. The molecular weight excluding hydrogens is 535 g/mol. The van der Waals surface area contributed by atoms with Gasteiger partial charge in [0.15, 0.2) is 5.69 Å². The zero-order chi connectivity index (χ0) is 27.0. The highest BCUT2D eigenvalue weighted by molar-refractivity contribution is 7.98. The van der Waals surface area contributed by atoms with Crippen LogP contribution in [0.5, 0.6) is 0 Å².